The molecule has 2 heterocycles. The Bertz CT molecular complexity index is 1080. The average Bonchev–Trinajstić information content (AvgIpc) is 3.27. The highest BCUT2D eigenvalue weighted by atomic mass is 16.5. The third kappa shape index (κ3) is 2.79. The number of carbonyl (C=O) groups excluding carboxylic acids is 1. The monoisotopic (exact) mass is 349 g/mol. The number of furan rings is 1. The molecule has 2 aromatic carbocycles. The van der Waals surface area contributed by atoms with Crippen LogP contribution in [0.5, 0.6) is 5.75 Å². The van der Waals surface area contributed by atoms with Crippen LogP contribution in [0.15, 0.2) is 52.9 Å². The highest BCUT2D eigenvalue weighted by Gasteiger charge is 2.20. The number of ether oxygens (including phenoxy) is 1. The molecule has 1 atom stereocenters. The van der Waals surface area contributed by atoms with Crippen LogP contribution < -0.4 is 10.1 Å². The lowest BCUT2D eigenvalue weighted by molar-refractivity contribution is 0.0932. The summed E-state index contributed by atoms with van der Waals surface area (Å²) in [6, 6.07) is 14.9. The smallest absolute Gasteiger partial charge is 0.273 e. The summed E-state index contributed by atoms with van der Waals surface area (Å²) in [6.07, 6.45) is 0. The summed E-state index contributed by atoms with van der Waals surface area (Å²) in [4.78, 5) is 12.6. The first kappa shape index (κ1) is 16.2. The van der Waals surface area contributed by atoms with Crippen LogP contribution in [0.2, 0.25) is 0 Å². The predicted octanol–water partition coefficient (Wildman–Crippen LogP) is 4.20. The average molecular weight is 349 g/mol. The van der Waals surface area contributed by atoms with Gasteiger partial charge < -0.3 is 14.5 Å². The van der Waals surface area contributed by atoms with Crippen LogP contribution >= 0.6 is 0 Å². The van der Waals surface area contributed by atoms with Crippen molar-refractivity contribution in [3.05, 3.63) is 60.0 Å². The second kappa shape index (κ2) is 6.55. The van der Waals surface area contributed by atoms with Crippen molar-refractivity contribution < 1.29 is 13.9 Å². The van der Waals surface area contributed by atoms with E-state index >= 15 is 0 Å². The van der Waals surface area contributed by atoms with Gasteiger partial charge in [0.2, 0.25) is 0 Å². The quantitative estimate of drug-likeness (QED) is 0.566. The SMILES string of the molecule is CCOc1cccc2cc([C@H](C)NC(=O)c3n[nH]c4ccccc34)oc12. The standard InChI is InChI=1S/C20H19N3O3/c1-3-25-16-10-6-7-13-11-17(26-19(13)16)12(2)21-20(24)18-14-8-4-5-9-15(14)22-23-18/h4-12H,3H2,1-2H3,(H,21,24)(H,22,23)/t12-/m0/s1. The number of rotatable bonds is 5. The molecule has 2 aromatic heterocycles. The first-order valence-corrected chi connectivity index (χ1v) is 8.56. The van der Waals surface area contributed by atoms with Crippen LogP contribution in [0.1, 0.15) is 36.1 Å². The van der Waals surface area contributed by atoms with Gasteiger partial charge in [0.15, 0.2) is 17.0 Å². The molecule has 4 rings (SSSR count). The van der Waals surface area contributed by atoms with Gasteiger partial charge in [-0.1, -0.05) is 30.3 Å². The normalized spacial score (nSPS) is 12.4. The molecule has 0 unspecified atom stereocenters. The van der Waals surface area contributed by atoms with Gasteiger partial charge in [0.25, 0.3) is 5.91 Å². The first-order valence-electron chi connectivity index (χ1n) is 8.56. The minimum absolute atomic E-state index is 0.250. The van der Waals surface area contributed by atoms with Crippen LogP contribution in [0.4, 0.5) is 0 Å². The lowest BCUT2D eigenvalue weighted by Crippen LogP contribution is -2.26. The molecular weight excluding hydrogens is 330 g/mol. The number of carbonyl (C=O) groups is 1. The van der Waals surface area contributed by atoms with Crippen molar-refractivity contribution in [1.29, 1.82) is 0 Å². The van der Waals surface area contributed by atoms with Gasteiger partial charge >= 0.3 is 0 Å². The van der Waals surface area contributed by atoms with E-state index in [0.717, 1.165) is 16.3 Å². The summed E-state index contributed by atoms with van der Waals surface area (Å²) >= 11 is 0. The van der Waals surface area contributed by atoms with Gasteiger partial charge in [-0.2, -0.15) is 5.10 Å². The largest absolute Gasteiger partial charge is 0.490 e. The van der Waals surface area contributed by atoms with E-state index in [2.05, 4.69) is 15.5 Å². The van der Waals surface area contributed by atoms with E-state index in [1.54, 1.807) is 0 Å². The summed E-state index contributed by atoms with van der Waals surface area (Å²) in [6.45, 7) is 4.37. The molecule has 132 valence electrons. The molecule has 2 N–H and O–H groups in total. The van der Waals surface area contributed by atoms with Gasteiger partial charge in [-0.25, -0.2) is 0 Å². The number of nitrogens with one attached hydrogen (secondary N) is 2. The van der Waals surface area contributed by atoms with E-state index in [1.165, 1.54) is 0 Å². The van der Waals surface area contributed by atoms with Crippen molar-refractivity contribution in [3.63, 3.8) is 0 Å². The van der Waals surface area contributed by atoms with Gasteiger partial charge in [-0.15, -0.1) is 0 Å². The minimum Gasteiger partial charge on any atom is -0.490 e. The zero-order chi connectivity index (χ0) is 18.1. The second-order valence-electron chi connectivity index (χ2n) is 6.07. The third-order valence-corrected chi connectivity index (χ3v) is 4.29. The van der Waals surface area contributed by atoms with Gasteiger partial charge in [0.1, 0.15) is 5.76 Å². The van der Waals surface area contributed by atoms with Crippen LogP contribution in [-0.4, -0.2) is 22.7 Å². The van der Waals surface area contributed by atoms with Crippen molar-refractivity contribution in [3.8, 4) is 5.75 Å². The molecule has 0 spiro atoms. The van der Waals surface area contributed by atoms with Gasteiger partial charge in [-0.05, 0) is 32.0 Å². The molecule has 0 aliphatic carbocycles. The van der Waals surface area contributed by atoms with Crippen molar-refractivity contribution in [2.45, 2.75) is 19.9 Å². The van der Waals surface area contributed by atoms with E-state index in [9.17, 15) is 4.79 Å². The molecule has 0 saturated carbocycles. The Balaban J connectivity index is 1.60. The van der Waals surface area contributed by atoms with Gasteiger partial charge in [0, 0.05) is 10.8 Å². The number of nitrogens with zero attached hydrogens (tertiary/aromatic N) is 1. The number of benzene rings is 2. The Labute approximate surface area is 150 Å². The van der Waals surface area contributed by atoms with Crippen molar-refractivity contribution in [1.82, 2.24) is 15.5 Å². The maximum absolute atomic E-state index is 12.6. The van der Waals surface area contributed by atoms with Gasteiger partial charge in [-0.3, -0.25) is 9.89 Å². The number of fused-ring (bicyclic) bond motifs is 2. The van der Waals surface area contributed by atoms with Crippen molar-refractivity contribution in [2.75, 3.05) is 6.61 Å². The third-order valence-electron chi connectivity index (χ3n) is 4.29. The number of H-pyrrole nitrogens is 1. The number of hydrogen-bond donors (Lipinski definition) is 2. The first-order chi connectivity index (χ1) is 12.7. The lowest BCUT2D eigenvalue weighted by atomic mass is 10.2. The van der Waals surface area contributed by atoms with Crippen LogP contribution in [0.25, 0.3) is 21.9 Å². The molecule has 0 radical (unpaired) electrons. The Morgan fingerprint density at radius 2 is 2.12 bits per heavy atom. The highest BCUT2D eigenvalue weighted by molar-refractivity contribution is 6.04. The summed E-state index contributed by atoms with van der Waals surface area (Å²) < 4.78 is 11.6. The summed E-state index contributed by atoms with van der Waals surface area (Å²) in [5.74, 6) is 1.12. The molecule has 4 aromatic rings. The Morgan fingerprint density at radius 1 is 1.27 bits per heavy atom. The lowest BCUT2D eigenvalue weighted by Gasteiger charge is -2.10. The van der Waals surface area contributed by atoms with E-state index in [0.29, 0.717) is 29.4 Å². The fourth-order valence-electron chi connectivity index (χ4n) is 3.01. The summed E-state index contributed by atoms with van der Waals surface area (Å²) in [5, 5.41) is 11.7. The molecule has 0 fully saturated rings. The van der Waals surface area contributed by atoms with Crippen molar-refractivity contribution >= 4 is 27.8 Å². The second-order valence-corrected chi connectivity index (χ2v) is 6.07. The van der Waals surface area contributed by atoms with E-state index in [4.69, 9.17) is 9.15 Å². The molecule has 0 saturated heterocycles. The summed E-state index contributed by atoms with van der Waals surface area (Å²) in [7, 11) is 0. The highest BCUT2D eigenvalue weighted by Crippen LogP contribution is 2.31. The zero-order valence-electron chi connectivity index (χ0n) is 14.6. The van der Waals surface area contributed by atoms with Crippen LogP contribution in [-0.2, 0) is 0 Å². The Morgan fingerprint density at radius 3 is 2.96 bits per heavy atom. The minimum atomic E-state index is -0.306. The molecule has 1 amide bonds. The number of amides is 1. The summed E-state index contributed by atoms with van der Waals surface area (Å²) in [5.41, 5.74) is 1.89. The fraction of sp³-hybridized carbons (Fsp3) is 0.200. The van der Waals surface area contributed by atoms with Crippen LogP contribution in [0, 0.1) is 0 Å². The molecular formula is C20H19N3O3. The molecule has 26 heavy (non-hydrogen) atoms. The molecule has 6 nitrogen and oxygen atoms in total. The Hall–Kier alpha value is -3.28. The number of hydrogen-bond acceptors (Lipinski definition) is 4. The van der Waals surface area contributed by atoms with Crippen LogP contribution in [0.3, 0.4) is 0 Å². The zero-order valence-corrected chi connectivity index (χ0v) is 14.6. The van der Waals surface area contributed by atoms with Gasteiger partial charge in [0.05, 0.1) is 18.2 Å². The maximum Gasteiger partial charge on any atom is 0.273 e. The topological polar surface area (TPSA) is 80.1 Å². The number of aromatic amines is 1. The Kier molecular flexibility index (Phi) is 4.08. The van der Waals surface area contributed by atoms with Crippen molar-refractivity contribution in [2.24, 2.45) is 0 Å². The maximum atomic E-state index is 12.6. The molecule has 0 aliphatic rings. The number of para-hydroxylation sites is 2. The molecule has 0 bridgehead atoms. The predicted molar refractivity (Wildman–Crippen MR) is 99.4 cm³/mol. The number of aromatic nitrogens is 2. The van der Waals surface area contributed by atoms with E-state index in [1.807, 2.05) is 62.4 Å². The van der Waals surface area contributed by atoms with E-state index in [-0.39, 0.29) is 11.9 Å². The molecule has 6 heteroatoms. The van der Waals surface area contributed by atoms with E-state index < -0.39 is 0 Å². The fourth-order valence-corrected chi connectivity index (χ4v) is 3.01. The molecule has 0 aliphatic heterocycles.